The lowest BCUT2D eigenvalue weighted by Crippen LogP contribution is -1.91. The van der Waals surface area contributed by atoms with Crippen molar-refractivity contribution in [2.45, 2.75) is 6.92 Å². The maximum Gasteiger partial charge on any atom is 0.167 e. The van der Waals surface area contributed by atoms with Gasteiger partial charge in [-0.15, -0.1) is 0 Å². The summed E-state index contributed by atoms with van der Waals surface area (Å²) in [6.45, 7) is 2.02. The Morgan fingerprint density at radius 1 is 1.14 bits per heavy atom. The predicted molar refractivity (Wildman–Crippen MR) is 87.7 cm³/mol. The molecule has 1 aromatic carbocycles. The number of rotatable bonds is 2. The average Bonchev–Trinajstić information content (AvgIpc) is 3.06. The fourth-order valence-corrected chi connectivity index (χ4v) is 2.96. The molecule has 3 nitrogen and oxygen atoms in total. The number of hydrogen-bond donors (Lipinski definition) is 0. The molecule has 4 heteroatoms. The van der Waals surface area contributed by atoms with E-state index in [1.807, 2.05) is 53.9 Å². The molecule has 0 aliphatic heterocycles. The van der Waals surface area contributed by atoms with Gasteiger partial charge in [0.15, 0.2) is 6.29 Å². The average molecular weight is 310 g/mol. The van der Waals surface area contributed by atoms with Gasteiger partial charge in [-0.2, -0.15) is 0 Å². The standard InChI is InChI=1S/C18H12ClNO2/c1-11-4-5-20-14(6-11)9-15(16(20)10-21)18-8-12-7-13(19)2-3-17(12)22-18/h2-10H,1H3. The number of aryl methyl sites for hydroxylation is 1. The number of aldehydes is 1. The molecule has 0 N–H and O–H groups in total. The molecule has 3 heterocycles. The smallest absolute Gasteiger partial charge is 0.167 e. The molecule has 0 atom stereocenters. The monoisotopic (exact) mass is 309 g/mol. The number of carbonyl (C=O) groups excluding carboxylic acids is 1. The number of nitrogens with zero attached hydrogens (tertiary/aromatic N) is 1. The summed E-state index contributed by atoms with van der Waals surface area (Å²) in [5, 5.41) is 1.58. The summed E-state index contributed by atoms with van der Waals surface area (Å²) < 4.78 is 7.75. The van der Waals surface area contributed by atoms with Crippen LogP contribution in [0, 0.1) is 6.92 Å². The molecular formula is C18H12ClNO2. The molecule has 0 spiro atoms. The van der Waals surface area contributed by atoms with Crippen LogP contribution in [0.2, 0.25) is 5.02 Å². The third-order valence-corrected chi connectivity index (χ3v) is 4.06. The summed E-state index contributed by atoms with van der Waals surface area (Å²) in [5.41, 5.74) is 4.23. The van der Waals surface area contributed by atoms with Crippen molar-refractivity contribution >= 4 is 34.4 Å². The number of furan rings is 1. The Bertz CT molecular complexity index is 1030. The lowest BCUT2D eigenvalue weighted by molar-refractivity contribution is 0.111. The lowest BCUT2D eigenvalue weighted by Gasteiger charge is -1.98. The van der Waals surface area contributed by atoms with E-state index in [4.69, 9.17) is 16.0 Å². The van der Waals surface area contributed by atoms with Crippen LogP contribution in [0.3, 0.4) is 0 Å². The first-order valence-corrected chi connectivity index (χ1v) is 7.30. The minimum atomic E-state index is 0.583. The maximum absolute atomic E-state index is 11.5. The molecule has 22 heavy (non-hydrogen) atoms. The van der Waals surface area contributed by atoms with Gasteiger partial charge in [-0.05, 0) is 55.0 Å². The van der Waals surface area contributed by atoms with Crippen LogP contribution in [0.5, 0.6) is 0 Å². The van der Waals surface area contributed by atoms with Crippen LogP contribution in [0.15, 0.2) is 53.1 Å². The Morgan fingerprint density at radius 3 is 2.82 bits per heavy atom. The van der Waals surface area contributed by atoms with Crippen LogP contribution < -0.4 is 0 Å². The third-order valence-electron chi connectivity index (χ3n) is 3.82. The summed E-state index contributed by atoms with van der Waals surface area (Å²) in [5.74, 6) is 0.667. The van der Waals surface area contributed by atoms with Crippen molar-refractivity contribution in [3.8, 4) is 11.3 Å². The Labute approximate surface area is 131 Å². The van der Waals surface area contributed by atoms with Crippen LogP contribution >= 0.6 is 11.6 Å². The number of benzene rings is 1. The van der Waals surface area contributed by atoms with Crippen molar-refractivity contribution < 1.29 is 9.21 Å². The molecule has 0 aliphatic rings. The molecule has 0 saturated heterocycles. The van der Waals surface area contributed by atoms with Crippen LogP contribution in [0.25, 0.3) is 27.8 Å². The summed E-state index contributed by atoms with van der Waals surface area (Å²) in [4.78, 5) is 11.5. The van der Waals surface area contributed by atoms with E-state index >= 15 is 0 Å². The Kier molecular flexibility index (Phi) is 2.84. The van der Waals surface area contributed by atoms with Crippen molar-refractivity contribution in [1.29, 1.82) is 0 Å². The topological polar surface area (TPSA) is 34.6 Å². The van der Waals surface area contributed by atoms with Crippen LogP contribution in [-0.2, 0) is 0 Å². The van der Waals surface area contributed by atoms with Gasteiger partial charge in [0.05, 0.1) is 5.69 Å². The molecule has 3 aromatic heterocycles. The van der Waals surface area contributed by atoms with E-state index in [2.05, 4.69) is 0 Å². The number of aromatic nitrogens is 1. The highest BCUT2D eigenvalue weighted by Crippen LogP contribution is 2.33. The predicted octanol–water partition coefficient (Wildman–Crippen LogP) is 5.13. The first kappa shape index (κ1) is 13.2. The fourth-order valence-electron chi connectivity index (χ4n) is 2.78. The van der Waals surface area contributed by atoms with Gasteiger partial charge in [0, 0.05) is 27.7 Å². The van der Waals surface area contributed by atoms with Crippen LogP contribution in [0.1, 0.15) is 16.1 Å². The van der Waals surface area contributed by atoms with E-state index in [1.54, 1.807) is 6.07 Å². The second kappa shape index (κ2) is 4.75. The van der Waals surface area contributed by atoms with E-state index in [0.717, 1.165) is 33.9 Å². The molecule has 0 aliphatic carbocycles. The second-order valence-electron chi connectivity index (χ2n) is 5.35. The third kappa shape index (κ3) is 1.94. The minimum Gasteiger partial charge on any atom is -0.456 e. The molecule has 0 unspecified atom stereocenters. The molecule has 0 saturated carbocycles. The molecular weight excluding hydrogens is 298 g/mol. The second-order valence-corrected chi connectivity index (χ2v) is 5.79. The fraction of sp³-hybridized carbons (Fsp3) is 0.0556. The van der Waals surface area contributed by atoms with Crippen molar-refractivity contribution in [3.63, 3.8) is 0 Å². The maximum atomic E-state index is 11.5. The number of hydrogen-bond acceptors (Lipinski definition) is 2. The molecule has 4 rings (SSSR count). The van der Waals surface area contributed by atoms with Crippen LogP contribution in [-0.4, -0.2) is 10.7 Å². The molecule has 108 valence electrons. The van der Waals surface area contributed by atoms with Gasteiger partial charge in [-0.3, -0.25) is 4.79 Å². The van der Waals surface area contributed by atoms with Crippen molar-refractivity contribution in [2.24, 2.45) is 0 Å². The van der Waals surface area contributed by atoms with E-state index in [0.29, 0.717) is 16.5 Å². The van der Waals surface area contributed by atoms with Gasteiger partial charge in [0.1, 0.15) is 11.3 Å². The summed E-state index contributed by atoms with van der Waals surface area (Å²) in [7, 11) is 0. The van der Waals surface area contributed by atoms with E-state index in [1.165, 1.54) is 0 Å². The number of fused-ring (bicyclic) bond motifs is 2. The van der Waals surface area contributed by atoms with Gasteiger partial charge in [-0.1, -0.05) is 11.6 Å². The zero-order chi connectivity index (χ0) is 15.3. The molecule has 0 amide bonds. The largest absolute Gasteiger partial charge is 0.456 e. The number of carbonyl (C=O) groups is 1. The zero-order valence-corrected chi connectivity index (χ0v) is 12.6. The molecule has 0 bridgehead atoms. The number of pyridine rings is 1. The number of halogens is 1. The first-order valence-electron chi connectivity index (χ1n) is 6.92. The Morgan fingerprint density at radius 2 is 2.00 bits per heavy atom. The molecule has 0 fully saturated rings. The summed E-state index contributed by atoms with van der Waals surface area (Å²) in [6.07, 6.45) is 2.76. The van der Waals surface area contributed by atoms with Crippen molar-refractivity contribution in [3.05, 3.63) is 64.9 Å². The lowest BCUT2D eigenvalue weighted by atomic mass is 10.1. The highest BCUT2D eigenvalue weighted by atomic mass is 35.5. The summed E-state index contributed by atoms with van der Waals surface area (Å²) in [6, 6.07) is 13.4. The normalized spacial score (nSPS) is 11.4. The Balaban J connectivity index is 2.00. The van der Waals surface area contributed by atoms with E-state index in [-0.39, 0.29) is 0 Å². The molecule has 0 radical (unpaired) electrons. The van der Waals surface area contributed by atoms with Crippen LogP contribution in [0.4, 0.5) is 0 Å². The quantitative estimate of drug-likeness (QED) is 0.481. The minimum absolute atomic E-state index is 0.583. The van der Waals surface area contributed by atoms with Gasteiger partial charge < -0.3 is 8.82 Å². The van der Waals surface area contributed by atoms with Crippen molar-refractivity contribution in [1.82, 2.24) is 4.40 Å². The van der Waals surface area contributed by atoms with Gasteiger partial charge in [-0.25, -0.2) is 0 Å². The highest BCUT2D eigenvalue weighted by Gasteiger charge is 2.15. The van der Waals surface area contributed by atoms with Gasteiger partial charge in [0.2, 0.25) is 0 Å². The zero-order valence-electron chi connectivity index (χ0n) is 11.8. The highest BCUT2D eigenvalue weighted by molar-refractivity contribution is 6.31. The Hall–Kier alpha value is -2.52. The van der Waals surface area contributed by atoms with E-state index < -0.39 is 0 Å². The van der Waals surface area contributed by atoms with Gasteiger partial charge in [0.25, 0.3) is 0 Å². The van der Waals surface area contributed by atoms with E-state index in [9.17, 15) is 4.79 Å². The van der Waals surface area contributed by atoms with Crippen molar-refractivity contribution in [2.75, 3.05) is 0 Å². The first-order chi connectivity index (χ1) is 10.7. The molecule has 4 aromatic rings. The SMILES string of the molecule is Cc1ccn2c(C=O)c(-c3cc4cc(Cl)ccc4o3)cc2c1. The summed E-state index contributed by atoms with van der Waals surface area (Å²) >= 11 is 6.01. The van der Waals surface area contributed by atoms with Gasteiger partial charge >= 0.3 is 0 Å².